The molecule has 14 heavy (non-hydrogen) atoms. The Hall–Kier alpha value is -0.960. The van der Waals surface area contributed by atoms with Crippen LogP contribution in [0.25, 0.3) is 0 Å². The van der Waals surface area contributed by atoms with Crippen molar-refractivity contribution in [2.45, 2.75) is 26.4 Å². The van der Waals surface area contributed by atoms with Gasteiger partial charge in [0.05, 0.1) is 11.5 Å². The number of Topliss-reactive ketones (excluding diaryl/α,β-unsaturated/α-hetero) is 2. The van der Waals surface area contributed by atoms with E-state index in [1.54, 1.807) is 13.0 Å². The van der Waals surface area contributed by atoms with Crippen LogP contribution in [-0.4, -0.2) is 23.8 Å². The summed E-state index contributed by atoms with van der Waals surface area (Å²) in [5.74, 6) is -0.387. The monoisotopic (exact) mass is 194 g/mol. The summed E-state index contributed by atoms with van der Waals surface area (Å²) >= 11 is 0. The van der Waals surface area contributed by atoms with Gasteiger partial charge in [-0.05, 0) is 25.5 Å². The average molecular weight is 194 g/mol. The fourth-order valence-corrected chi connectivity index (χ4v) is 2.64. The van der Waals surface area contributed by atoms with Gasteiger partial charge < -0.3 is 4.74 Å². The molecule has 1 aliphatic carbocycles. The van der Waals surface area contributed by atoms with Crippen LogP contribution in [0.4, 0.5) is 0 Å². The highest BCUT2D eigenvalue weighted by atomic mass is 16.5. The maximum absolute atomic E-state index is 11.7. The minimum absolute atomic E-state index is 0.0529. The molecule has 1 heterocycles. The Kier molecular flexibility index (Phi) is 1.89. The van der Waals surface area contributed by atoms with Gasteiger partial charge in [-0.3, -0.25) is 9.59 Å². The van der Waals surface area contributed by atoms with Gasteiger partial charge in [0.2, 0.25) is 0 Å². The summed E-state index contributed by atoms with van der Waals surface area (Å²) in [6.07, 6.45) is 1.80. The molecule has 0 radical (unpaired) electrons. The molecule has 2 aliphatic rings. The second-order valence-electron chi connectivity index (χ2n) is 4.40. The van der Waals surface area contributed by atoms with Crippen molar-refractivity contribution in [1.29, 1.82) is 0 Å². The zero-order valence-corrected chi connectivity index (χ0v) is 8.66. The zero-order chi connectivity index (χ0) is 10.5. The van der Waals surface area contributed by atoms with E-state index in [0.29, 0.717) is 5.57 Å². The van der Waals surface area contributed by atoms with Crippen molar-refractivity contribution in [2.75, 3.05) is 6.61 Å². The van der Waals surface area contributed by atoms with Gasteiger partial charge in [0.15, 0.2) is 11.6 Å². The molecule has 0 aromatic carbocycles. The van der Waals surface area contributed by atoms with Gasteiger partial charge in [-0.25, -0.2) is 0 Å². The number of rotatable bonds is 0. The number of carbonyl (C=O) groups excluding carboxylic acids is 2. The van der Waals surface area contributed by atoms with Crippen molar-refractivity contribution in [1.82, 2.24) is 0 Å². The first-order chi connectivity index (χ1) is 6.46. The van der Waals surface area contributed by atoms with E-state index in [0.717, 1.165) is 0 Å². The van der Waals surface area contributed by atoms with Gasteiger partial charge in [0.25, 0.3) is 0 Å². The molecule has 0 aromatic rings. The molecular weight excluding hydrogens is 180 g/mol. The van der Waals surface area contributed by atoms with Crippen LogP contribution in [-0.2, 0) is 14.3 Å². The number of hydrogen-bond acceptors (Lipinski definition) is 3. The van der Waals surface area contributed by atoms with Crippen molar-refractivity contribution in [2.24, 2.45) is 11.8 Å². The summed E-state index contributed by atoms with van der Waals surface area (Å²) in [6.45, 7) is 5.62. The van der Waals surface area contributed by atoms with Gasteiger partial charge in [-0.15, -0.1) is 0 Å². The minimum Gasteiger partial charge on any atom is -0.363 e. The molecule has 0 N–H and O–H groups in total. The number of allylic oxidation sites excluding steroid dienone is 1. The van der Waals surface area contributed by atoms with Crippen molar-refractivity contribution < 1.29 is 14.3 Å². The van der Waals surface area contributed by atoms with Gasteiger partial charge in [0.1, 0.15) is 6.61 Å². The molecule has 3 atom stereocenters. The molecular formula is C11H14O3. The van der Waals surface area contributed by atoms with E-state index in [4.69, 9.17) is 4.74 Å². The van der Waals surface area contributed by atoms with Gasteiger partial charge in [-0.2, -0.15) is 0 Å². The highest BCUT2D eigenvalue weighted by molar-refractivity contribution is 6.02. The topological polar surface area (TPSA) is 43.4 Å². The summed E-state index contributed by atoms with van der Waals surface area (Å²) < 4.78 is 5.47. The number of hydrogen-bond donors (Lipinski definition) is 0. The van der Waals surface area contributed by atoms with E-state index in [2.05, 4.69) is 0 Å². The smallest absolute Gasteiger partial charge is 0.165 e. The third-order valence-corrected chi connectivity index (χ3v) is 3.30. The highest BCUT2D eigenvalue weighted by Crippen LogP contribution is 2.41. The molecule has 0 spiro atoms. The number of ether oxygens (including phenoxy) is 1. The minimum atomic E-state index is -0.547. The maximum Gasteiger partial charge on any atom is 0.165 e. The SMILES string of the molecule is CC1=C[C@@]2(C)OCC(=O)[C@H]2[C@H](C)C1=O. The number of carbonyl (C=O) groups is 2. The summed E-state index contributed by atoms with van der Waals surface area (Å²) in [5.41, 5.74) is 0.167. The Labute approximate surface area is 83.1 Å². The predicted molar refractivity (Wildman–Crippen MR) is 50.8 cm³/mol. The summed E-state index contributed by atoms with van der Waals surface area (Å²) in [6, 6.07) is 0. The first-order valence-corrected chi connectivity index (χ1v) is 4.86. The molecule has 0 unspecified atom stereocenters. The normalized spacial score (nSPS) is 42.4. The van der Waals surface area contributed by atoms with Crippen LogP contribution >= 0.6 is 0 Å². The van der Waals surface area contributed by atoms with Crippen LogP contribution in [0.15, 0.2) is 11.6 Å². The first kappa shape index (κ1) is 9.59. The third kappa shape index (κ3) is 1.08. The third-order valence-electron chi connectivity index (χ3n) is 3.30. The van der Waals surface area contributed by atoms with Gasteiger partial charge in [-0.1, -0.05) is 6.92 Å². The molecule has 0 bridgehead atoms. The van der Waals surface area contributed by atoms with Gasteiger partial charge >= 0.3 is 0 Å². The molecule has 0 amide bonds. The summed E-state index contributed by atoms with van der Waals surface area (Å²) in [7, 11) is 0. The predicted octanol–water partition coefficient (Wildman–Crippen LogP) is 1.13. The van der Waals surface area contributed by atoms with Crippen LogP contribution in [0.3, 0.4) is 0 Å². The van der Waals surface area contributed by atoms with E-state index in [1.165, 1.54) is 0 Å². The fraction of sp³-hybridized carbons (Fsp3) is 0.636. The zero-order valence-electron chi connectivity index (χ0n) is 8.66. The molecule has 3 nitrogen and oxygen atoms in total. The molecule has 76 valence electrons. The Morgan fingerprint density at radius 3 is 2.79 bits per heavy atom. The van der Waals surface area contributed by atoms with Crippen LogP contribution in [0, 0.1) is 11.8 Å². The van der Waals surface area contributed by atoms with E-state index < -0.39 is 5.60 Å². The van der Waals surface area contributed by atoms with Gasteiger partial charge in [0, 0.05) is 5.92 Å². The standard InChI is InChI=1S/C11H14O3/c1-6-4-11(3)9(7(2)10(6)13)8(12)5-14-11/h4,7,9H,5H2,1-3H3/t7-,9+,11+/m0/s1. The maximum atomic E-state index is 11.7. The summed E-state index contributed by atoms with van der Waals surface area (Å²) in [4.78, 5) is 23.2. The Morgan fingerprint density at radius 1 is 1.50 bits per heavy atom. The molecule has 0 aromatic heterocycles. The lowest BCUT2D eigenvalue weighted by Crippen LogP contribution is -2.43. The largest absolute Gasteiger partial charge is 0.363 e. The van der Waals surface area contributed by atoms with Crippen LogP contribution in [0.5, 0.6) is 0 Å². The lowest BCUT2D eigenvalue weighted by Gasteiger charge is -2.34. The lowest BCUT2D eigenvalue weighted by atomic mass is 9.71. The summed E-state index contributed by atoms with van der Waals surface area (Å²) in [5, 5.41) is 0. The molecule has 2 rings (SSSR count). The van der Waals surface area contributed by atoms with Crippen LogP contribution < -0.4 is 0 Å². The molecule has 0 saturated carbocycles. The number of ketones is 2. The number of fused-ring (bicyclic) bond motifs is 1. The Balaban J connectivity index is 2.49. The average Bonchev–Trinajstić information content (AvgIpc) is 2.39. The molecule has 1 saturated heterocycles. The van der Waals surface area contributed by atoms with Crippen LogP contribution in [0.1, 0.15) is 20.8 Å². The van der Waals surface area contributed by atoms with E-state index in [9.17, 15) is 9.59 Å². The Morgan fingerprint density at radius 2 is 2.14 bits per heavy atom. The Bertz CT molecular complexity index is 342. The molecule has 1 fully saturated rings. The second-order valence-corrected chi connectivity index (χ2v) is 4.40. The van der Waals surface area contributed by atoms with E-state index in [-0.39, 0.29) is 30.0 Å². The quantitative estimate of drug-likeness (QED) is 0.580. The molecule has 1 aliphatic heterocycles. The fourth-order valence-electron chi connectivity index (χ4n) is 2.64. The van der Waals surface area contributed by atoms with Crippen molar-refractivity contribution >= 4 is 11.6 Å². The van der Waals surface area contributed by atoms with E-state index in [1.807, 2.05) is 13.8 Å². The van der Waals surface area contributed by atoms with Crippen LogP contribution in [0.2, 0.25) is 0 Å². The lowest BCUT2D eigenvalue weighted by molar-refractivity contribution is -0.129. The second kappa shape index (κ2) is 2.76. The van der Waals surface area contributed by atoms with Crippen molar-refractivity contribution in [3.8, 4) is 0 Å². The van der Waals surface area contributed by atoms with E-state index >= 15 is 0 Å². The highest BCUT2D eigenvalue weighted by Gasteiger charge is 2.52. The first-order valence-electron chi connectivity index (χ1n) is 4.86. The van der Waals surface area contributed by atoms with Crippen molar-refractivity contribution in [3.63, 3.8) is 0 Å². The van der Waals surface area contributed by atoms with Crippen molar-refractivity contribution in [3.05, 3.63) is 11.6 Å². The molecule has 3 heteroatoms.